The summed E-state index contributed by atoms with van der Waals surface area (Å²) in [5.74, 6) is -1.09. The van der Waals surface area contributed by atoms with Gasteiger partial charge in [-0.15, -0.1) is 0 Å². The molecule has 0 unspecified atom stereocenters. The molecule has 0 heterocycles. The first-order chi connectivity index (χ1) is 20.5. The van der Waals surface area contributed by atoms with Gasteiger partial charge in [-0.3, -0.25) is 0 Å². The summed E-state index contributed by atoms with van der Waals surface area (Å²) in [6.45, 7) is 7.48. The van der Waals surface area contributed by atoms with Gasteiger partial charge in [0.1, 0.15) is 0 Å². The SMILES string of the molecule is CCCCCOC(=O)c1ccc2c(c1)c1ccc(C(=O)OCCCCC)cc1c1ccc(C(=O)OCCCCC)cc21. The zero-order valence-electron chi connectivity index (χ0n) is 25.1. The molecule has 0 radical (unpaired) electrons. The van der Waals surface area contributed by atoms with Crippen molar-refractivity contribution in [2.24, 2.45) is 0 Å². The van der Waals surface area contributed by atoms with Gasteiger partial charge in [0.25, 0.3) is 0 Å². The molecule has 42 heavy (non-hydrogen) atoms. The summed E-state index contributed by atoms with van der Waals surface area (Å²) in [7, 11) is 0. The third-order valence-electron chi connectivity index (χ3n) is 7.58. The molecule has 0 atom stereocenters. The number of benzene rings is 4. The van der Waals surface area contributed by atoms with E-state index in [1.54, 1.807) is 18.2 Å². The van der Waals surface area contributed by atoms with Crippen LogP contribution in [0, 0.1) is 0 Å². The summed E-state index contributed by atoms with van der Waals surface area (Å²) in [6, 6.07) is 16.6. The Hall–Kier alpha value is -3.93. The minimum atomic E-state index is -0.363. The number of rotatable bonds is 15. The molecule has 222 valence electrons. The highest BCUT2D eigenvalue weighted by Gasteiger charge is 2.17. The minimum Gasteiger partial charge on any atom is -0.462 e. The molecule has 4 rings (SSSR count). The molecular weight excluding hydrogens is 528 g/mol. The van der Waals surface area contributed by atoms with Gasteiger partial charge >= 0.3 is 17.9 Å². The summed E-state index contributed by atoms with van der Waals surface area (Å²) in [5.41, 5.74) is 1.39. The maximum absolute atomic E-state index is 12.9. The molecule has 0 aromatic heterocycles. The van der Waals surface area contributed by atoms with Crippen molar-refractivity contribution in [3.05, 3.63) is 71.3 Å². The Bertz CT molecular complexity index is 1340. The summed E-state index contributed by atoms with van der Waals surface area (Å²) >= 11 is 0. The van der Waals surface area contributed by atoms with E-state index in [1.165, 1.54) is 0 Å². The Kier molecular flexibility index (Phi) is 11.3. The van der Waals surface area contributed by atoms with Gasteiger partial charge < -0.3 is 14.2 Å². The van der Waals surface area contributed by atoms with Gasteiger partial charge in [-0.25, -0.2) is 14.4 Å². The molecule has 0 saturated heterocycles. The van der Waals surface area contributed by atoms with E-state index in [0.29, 0.717) is 36.5 Å². The molecule has 0 aliphatic rings. The van der Waals surface area contributed by atoms with E-state index in [4.69, 9.17) is 14.2 Å². The van der Waals surface area contributed by atoms with Crippen molar-refractivity contribution in [3.8, 4) is 0 Å². The van der Waals surface area contributed by atoms with Gasteiger partial charge in [-0.2, -0.15) is 0 Å². The highest BCUT2D eigenvalue weighted by atomic mass is 16.5. The highest BCUT2D eigenvalue weighted by Crippen LogP contribution is 2.37. The minimum absolute atomic E-state index is 0.363. The fourth-order valence-electron chi connectivity index (χ4n) is 5.19. The van der Waals surface area contributed by atoms with Crippen molar-refractivity contribution in [1.29, 1.82) is 0 Å². The number of hydrogen-bond donors (Lipinski definition) is 0. The molecular formula is C36H42O6. The van der Waals surface area contributed by atoms with Crippen LogP contribution in [-0.2, 0) is 14.2 Å². The fraction of sp³-hybridized carbons (Fsp3) is 0.417. The first kappa shape index (κ1) is 31.0. The maximum atomic E-state index is 12.9. The zero-order valence-corrected chi connectivity index (χ0v) is 25.1. The first-order valence-electron chi connectivity index (χ1n) is 15.4. The Balaban J connectivity index is 1.78. The standard InChI is InChI=1S/C36H42O6/c1-4-7-10-19-40-34(37)25-13-16-28-31(22-25)29-17-14-26(35(38)41-20-11-8-5-2)24-33(29)30-18-15-27(23-32(28)30)36(39)42-21-12-9-6-3/h13-18,22-24H,4-12,19-21H2,1-3H3. The smallest absolute Gasteiger partial charge is 0.338 e. The maximum Gasteiger partial charge on any atom is 0.338 e. The summed E-state index contributed by atoms with van der Waals surface area (Å²) in [5, 5.41) is 5.23. The van der Waals surface area contributed by atoms with Crippen molar-refractivity contribution in [1.82, 2.24) is 0 Å². The van der Waals surface area contributed by atoms with E-state index < -0.39 is 0 Å². The molecule has 6 heteroatoms. The zero-order chi connectivity index (χ0) is 29.9. The number of unbranched alkanes of at least 4 members (excludes halogenated alkanes) is 6. The number of fused-ring (bicyclic) bond motifs is 6. The van der Waals surface area contributed by atoms with E-state index in [-0.39, 0.29) is 17.9 Å². The van der Waals surface area contributed by atoms with Gasteiger partial charge in [-0.1, -0.05) is 77.5 Å². The van der Waals surface area contributed by atoms with E-state index in [9.17, 15) is 14.4 Å². The first-order valence-corrected chi connectivity index (χ1v) is 15.4. The molecule has 0 aliphatic heterocycles. The van der Waals surface area contributed by atoms with Gasteiger partial charge in [0.15, 0.2) is 0 Å². The molecule has 0 amide bonds. The van der Waals surface area contributed by atoms with Gasteiger partial charge in [0.05, 0.1) is 36.5 Å². The van der Waals surface area contributed by atoms with E-state index in [1.807, 2.05) is 36.4 Å². The van der Waals surface area contributed by atoms with Crippen LogP contribution in [0.2, 0.25) is 0 Å². The second-order valence-corrected chi connectivity index (χ2v) is 10.8. The summed E-state index contributed by atoms with van der Waals surface area (Å²) in [4.78, 5) is 38.7. The number of ether oxygens (including phenoxy) is 3. The van der Waals surface area contributed by atoms with E-state index in [0.717, 1.165) is 90.1 Å². The lowest BCUT2D eigenvalue weighted by atomic mass is 9.91. The Morgan fingerprint density at radius 2 is 0.714 bits per heavy atom. The van der Waals surface area contributed by atoms with Crippen LogP contribution in [0.25, 0.3) is 32.3 Å². The topological polar surface area (TPSA) is 78.9 Å². The van der Waals surface area contributed by atoms with Gasteiger partial charge in [-0.05, 0) is 88.0 Å². The fourth-order valence-corrected chi connectivity index (χ4v) is 5.19. The van der Waals surface area contributed by atoms with Crippen molar-refractivity contribution < 1.29 is 28.6 Å². The number of carbonyl (C=O) groups is 3. The van der Waals surface area contributed by atoms with Crippen LogP contribution in [0.15, 0.2) is 54.6 Å². The van der Waals surface area contributed by atoms with Crippen molar-refractivity contribution in [3.63, 3.8) is 0 Å². The second kappa shape index (κ2) is 15.3. The average Bonchev–Trinajstić information content (AvgIpc) is 3.02. The third kappa shape index (κ3) is 7.47. The van der Waals surface area contributed by atoms with Crippen LogP contribution in [0.4, 0.5) is 0 Å². The quantitative estimate of drug-likeness (QED) is 0.0613. The molecule has 0 saturated carbocycles. The van der Waals surface area contributed by atoms with Crippen molar-refractivity contribution in [2.45, 2.75) is 78.6 Å². The summed E-state index contributed by atoms with van der Waals surface area (Å²) < 4.78 is 16.6. The largest absolute Gasteiger partial charge is 0.462 e. The highest BCUT2D eigenvalue weighted by molar-refractivity contribution is 6.27. The average molecular weight is 571 g/mol. The molecule has 0 aliphatic carbocycles. The van der Waals surface area contributed by atoms with Crippen LogP contribution in [0.1, 0.15) is 110 Å². The van der Waals surface area contributed by atoms with Gasteiger partial charge in [0.2, 0.25) is 0 Å². The Morgan fingerprint density at radius 3 is 0.976 bits per heavy atom. The molecule has 0 fully saturated rings. The monoisotopic (exact) mass is 570 g/mol. The van der Waals surface area contributed by atoms with Crippen LogP contribution in [0.5, 0.6) is 0 Å². The lowest BCUT2D eigenvalue weighted by Gasteiger charge is -2.14. The summed E-state index contributed by atoms with van der Waals surface area (Å²) in [6.07, 6.45) is 8.67. The predicted octanol–water partition coefficient (Wildman–Crippen LogP) is 9.19. The third-order valence-corrected chi connectivity index (χ3v) is 7.58. The lowest BCUT2D eigenvalue weighted by Crippen LogP contribution is -2.07. The van der Waals surface area contributed by atoms with Crippen molar-refractivity contribution >= 4 is 50.2 Å². The van der Waals surface area contributed by atoms with E-state index >= 15 is 0 Å². The lowest BCUT2D eigenvalue weighted by molar-refractivity contribution is 0.0489. The van der Waals surface area contributed by atoms with Crippen molar-refractivity contribution in [2.75, 3.05) is 19.8 Å². The molecule has 6 nitrogen and oxygen atoms in total. The Morgan fingerprint density at radius 1 is 0.429 bits per heavy atom. The van der Waals surface area contributed by atoms with Crippen LogP contribution >= 0.6 is 0 Å². The number of hydrogen-bond acceptors (Lipinski definition) is 6. The molecule has 4 aromatic rings. The Labute approximate surface area is 248 Å². The van der Waals surface area contributed by atoms with Crippen LogP contribution < -0.4 is 0 Å². The van der Waals surface area contributed by atoms with Crippen LogP contribution in [-0.4, -0.2) is 37.7 Å². The van der Waals surface area contributed by atoms with Gasteiger partial charge in [0, 0.05) is 0 Å². The van der Waals surface area contributed by atoms with Crippen LogP contribution in [0.3, 0.4) is 0 Å². The molecule has 0 spiro atoms. The molecule has 4 aromatic carbocycles. The molecule has 0 N–H and O–H groups in total. The second-order valence-electron chi connectivity index (χ2n) is 10.8. The normalized spacial score (nSPS) is 11.2. The molecule has 0 bridgehead atoms. The van der Waals surface area contributed by atoms with E-state index in [2.05, 4.69) is 20.8 Å². The number of carbonyl (C=O) groups excluding carboxylic acids is 3. The predicted molar refractivity (Wildman–Crippen MR) is 168 cm³/mol. The number of esters is 3.